The minimum Gasteiger partial charge on any atom is -0.481 e. The zero-order valence-electron chi connectivity index (χ0n) is 5.45. The Balaban J connectivity index is 2.51. The third-order valence-corrected chi connectivity index (χ3v) is 1.75. The van der Waals surface area contributed by atoms with Crippen molar-refractivity contribution in [1.82, 2.24) is 0 Å². The van der Waals surface area contributed by atoms with Crippen molar-refractivity contribution in [2.45, 2.75) is 19.3 Å². The Kier molecular flexibility index (Phi) is 1.89. The molecule has 0 unspecified atom stereocenters. The molecule has 1 aliphatic rings. The highest BCUT2D eigenvalue weighted by Crippen LogP contribution is 2.22. The molecule has 56 valence electrons. The van der Waals surface area contributed by atoms with Gasteiger partial charge in [0.2, 0.25) is 0 Å². The van der Waals surface area contributed by atoms with Gasteiger partial charge in [-0.15, -0.1) is 0 Å². The summed E-state index contributed by atoms with van der Waals surface area (Å²) >= 11 is 0. The highest BCUT2D eigenvalue weighted by atomic mass is 16.4. The minimum absolute atomic E-state index is 0.328. The van der Waals surface area contributed by atoms with Crippen LogP contribution in [0.15, 0.2) is 5.16 Å². The first-order valence-electron chi connectivity index (χ1n) is 3.16. The Morgan fingerprint density at radius 2 is 2.40 bits per heavy atom. The summed E-state index contributed by atoms with van der Waals surface area (Å²) in [6.07, 6.45) is 1.63. The van der Waals surface area contributed by atoms with E-state index in [1.54, 1.807) is 0 Å². The van der Waals surface area contributed by atoms with E-state index in [1.807, 2.05) is 0 Å². The topological polar surface area (TPSA) is 69.9 Å². The van der Waals surface area contributed by atoms with E-state index < -0.39 is 5.97 Å². The zero-order chi connectivity index (χ0) is 7.56. The van der Waals surface area contributed by atoms with Crippen LogP contribution in [0.1, 0.15) is 19.3 Å². The summed E-state index contributed by atoms with van der Waals surface area (Å²) in [5.74, 6) is -1.12. The average molecular weight is 143 g/mol. The molecule has 1 fully saturated rings. The molecule has 0 bridgehead atoms. The maximum Gasteiger partial charge on any atom is 0.306 e. The lowest BCUT2D eigenvalue weighted by atomic mass is 10.1. The molecule has 0 saturated heterocycles. The molecule has 4 nitrogen and oxygen atoms in total. The smallest absolute Gasteiger partial charge is 0.306 e. The molecule has 1 saturated carbocycles. The third kappa shape index (κ3) is 1.26. The summed E-state index contributed by atoms with van der Waals surface area (Å²) in [4.78, 5) is 10.3. The number of rotatable bonds is 1. The van der Waals surface area contributed by atoms with E-state index in [-0.39, 0.29) is 5.92 Å². The SMILES string of the molecule is O=C(O)[C@@H]1CC/C(=N\O)C1. The Labute approximate surface area is 58.2 Å². The first-order chi connectivity index (χ1) is 4.74. The van der Waals surface area contributed by atoms with Crippen LogP contribution in [0.5, 0.6) is 0 Å². The molecule has 0 amide bonds. The standard InChI is InChI=1S/C6H9NO3/c8-6(9)4-1-2-5(3-4)7-10/h4,10H,1-3H2,(H,8,9)/b7-5+/t4-/m1/s1. The number of carboxylic acids is 1. The van der Waals surface area contributed by atoms with Gasteiger partial charge in [-0.3, -0.25) is 4.79 Å². The van der Waals surface area contributed by atoms with Crippen LogP contribution >= 0.6 is 0 Å². The first-order valence-corrected chi connectivity index (χ1v) is 3.16. The van der Waals surface area contributed by atoms with E-state index in [0.717, 1.165) is 0 Å². The van der Waals surface area contributed by atoms with Crippen LogP contribution in [0.2, 0.25) is 0 Å². The number of carbonyl (C=O) groups is 1. The van der Waals surface area contributed by atoms with Gasteiger partial charge in [0.1, 0.15) is 0 Å². The molecule has 1 rings (SSSR count). The quantitative estimate of drug-likeness (QED) is 0.419. The maximum atomic E-state index is 10.3. The van der Waals surface area contributed by atoms with Crippen molar-refractivity contribution in [2.75, 3.05) is 0 Å². The van der Waals surface area contributed by atoms with Crippen LogP contribution in [-0.2, 0) is 4.79 Å². The van der Waals surface area contributed by atoms with Crippen molar-refractivity contribution in [2.24, 2.45) is 11.1 Å². The Hall–Kier alpha value is -1.06. The van der Waals surface area contributed by atoms with Gasteiger partial charge in [-0.1, -0.05) is 5.16 Å². The summed E-state index contributed by atoms with van der Waals surface area (Å²) < 4.78 is 0. The second kappa shape index (κ2) is 2.68. The van der Waals surface area contributed by atoms with E-state index in [2.05, 4.69) is 5.16 Å². The Morgan fingerprint density at radius 1 is 1.70 bits per heavy atom. The van der Waals surface area contributed by atoms with Crippen LogP contribution in [0.25, 0.3) is 0 Å². The minimum atomic E-state index is -0.793. The normalized spacial score (nSPS) is 29.2. The Bertz CT molecular complexity index is 176. The summed E-state index contributed by atoms with van der Waals surface area (Å²) in [6, 6.07) is 0. The van der Waals surface area contributed by atoms with Crippen LogP contribution < -0.4 is 0 Å². The first kappa shape index (κ1) is 7.05. The van der Waals surface area contributed by atoms with E-state index in [1.165, 1.54) is 0 Å². The maximum absolute atomic E-state index is 10.3. The van der Waals surface area contributed by atoms with E-state index in [4.69, 9.17) is 10.3 Å². The lowest BCUT2D eigenvalue weighted by molar-refractivity contribution is -0.141. The van der Waals surface area contributed by atoms with Gasteiger partial charge >= 0.3 is 5.97 Å². The molecule has 0 aliphatic heterocycles. The number of aliphatic carboxylic acids is 1. The summed E-state index contributed by atoms with van der Waals surface area (Å²) in [6.45, 7) is 0. The molecule has 10 heavy (non-hydrogen) atoms. The largest absolute Gasteiger partial charge is 0.481 e. The second-order valence-corrected chi connectivity index (χ2v) is 2.44. The van der Waals surface area contributed by atoms with Crippen molar-refractivity contribution in [3.63, 3.8) is 0 Å². The van der Waals surface area contributed by atoms with Crippen molar-refractivity contribution >= 4 is 11.7 Å². The average Bonchev–Trinajstić information content (AvgIpc) is 2.34. The molecule has 0 heterocycles. The molecular weight excluding hydrogens is 134 g/mol. The fourth-order valence-corrected chi connectivity index (χ4v) is 1.13. The van der Waals surface area contributed by atoms with E-state index in [9.17, 15) is 4.79 Å². The predicted molar refractivity (Wildman–Crippen MR) is 34.2 cm³/mol. The fraction of sp³-hybridized carbons (Fsp3) is 0.667. The molecule has 1 atom stereocenters. The number of oxime groups is 1. The molecule has 0 spiro atoms. The van der Waals surface area contributed by atoms with Crippen LogP contribution in [0.4, 0.5) is 0 Å². The lowest BCUT2D eigenvalue weighted by Crippen LogP contribution is -2.09. The highest BCUT2D eigenvalue weighted by molar-refractivity contribution is 5.90. The van der Waals surface area contributed by atoms with Crippen molar-refractivity contribution < 1.29 is 15.1 Å². The molecule has 0 aromatic rings. The van der Waals surface area contributed by atoms with Gasteiger partial charge < -0.3 is 10.3 Å². The third-order valence-electron chi connectivity index (χ3n) is 1.75. The van der Waals surface area contributed by atoms with Crippen LogP contribution in [-0.4, -0.2) is 22.0 Å². The summed E-state index contributed by atoms with van der Waals surface area (Å²) in [5, 5.41) is 19.7. The second-order valence-electron chi connectivity index (χ2n) is 2.44. The number of hydrogen-bond acceptors (Lipinski definition) is 3. The van der Waals surface area contributed by atoms with Gasteiger partial charge in [0.25, 0.3) is 0 Å². The van der Waals surface area contributed by atoms with Crippen LogP contribution in [0, 0.1) is 5.92 Å². The van der Waals surface area contributed by atoms with Gasteiger partial charge in [0, 0.05) is 6.42 Å². The molecule has 4 heteroatoms. The van der Waals surface area contributed by atoms with Crippen LogP contribution in [0.3, 0.4) is 0 Å². The fourth-order valence-electron chi connectivity index (χ4n) is 1.13. The molecule has 0 radical (unpaired) electrons. The van der Waals surface area contributed by atoms with Crippen molar-refractivity contribution in [3.8, 4) is 0 Å². The number of nitrogens with zero attached hydrogens (tertiary/aromatic N) is 1. The molecule has 2 N–H and O–H groups in total. The zero-order valence-corrected chi connectivity index (χ0v) is 5.45. The molecule has 1 aliphatic carbocycles. The van der Waals surface area contributed by atoms with Gasteiger partial charge in [0.05, 0.1) is 11.6 Å². The van der Waals surface area contributed by atoms with E-state index in [0.29, 0.717) is 25.0 Å². The van der Waals surface area contributed by atoms with E-state index >= 15 is 0 Å². The summed E-state index contributed by atoms with van der Waals surface area (Å²) in [7, 11) is 0. The van der Waals surface area contributed by atoms with Crippen molar-refractivity contribution in [1.29, 1.82) is 0 Å². The monoisotopic (exact) mass is 143 g/mol. The molecular formula is C6H9NO3. The lowest BCUT2D eigenvalue weighted by Gasteiger charge is -1.97. The molecule has 0 aromatic heterocycles. The predicted octanol–water partition coefficient (Wildman–Crippen LogP) is 0.701. The van der Waals surface area contributed by atoms with Gasteiger partial charge in [-0.2, -0.15) is 0 Å². The summed E-state index contributed by atoms with van der Waals surface area (Å²) in [5.41, 5.74) is 0.604. The number of carboxylic acid groups (broad SMARTS) is 1. The molecule has 0 aromatic carbocycles. The van der Waals surface area contributed by atoms with Gasteiger partial charge in [-0.25, -0.2) is 0 Å². The van der Waals surface area contributed by atoms with Crippen molar-refractivity contribution in [3.05, 3.63) is 0 Å². The Morgan fingerprint density at radius 3 is 2.70 bits per heavy atom. The van der Waals surface area contributed by atoms with Gasteiger partial charge in [-0.05, 0) is 12.8 Å². The van der Waals surface area contributed by atoms with Gasteiger partial charge in [0.15, 0.2) is 0 Å². The number of hydrogen-bond donors (Lipinski definition) is 2. The highest BCUT2D eigenvalue weighted by Gasteiger charge is 2.26.